The van der Waals surface area contributed by atoms with Gasteiger partial charge in [-0.05, 0) is 38.1 Å². The first-order valence-corrected chi connectivity index (χ1v) is 5.77. The largest absolute Gasteiger partial charge is 0.300 e. The van der Waals surface area contributed by atoms with E-state index in [9.17, 15) is 0 Å². The van der Waals surface area contributed by atoms with Crippen molar-refractivity contribution in [3.8, 4) is 0 Å². The fourth-order valence-corrected chi connectivity index (χ4v) is 3.59. The fraction of sp³-hybridized carbons (Fsp3) is 1.00. The Hall–Kier alpha value is -0.0400. The monoisotopic (exact) mass is 181 g/mol. The smallest absolute Gasteiger partial charge is 0.0129 e. The quantitative estimate of drug-likeness (QED) is 0.555. The van der Waals surface area contributed by atoms with Crippen molar-refractivity contribution in [1.29, 1.82) is 0 Å². The second kappa shape index (κ2) is 2.98. The molecule has 1 saturated carbocycles. The molecular formula is C12H23N. The first-order valence-electron chi connectivity index (χ1n) is 5.77. The summed E-state index contributed by atoms with van der Waals surface area (Å²) in [5.74, 6) is 0.959. The van der Waals surface area contributed by atoms with E-state index in [0.29, 0.717) is 5.41 Å². The van der Waals surface area contributed by atoms with Crippen LogP contribution in [0.3, 0.4) is 0 Å². The Morgan fingerprint density at radius 1 is 1.15 bits per heavy atom. The van der Waals surface area contributed by atoms with Crippen LogP contribution in [0.5, 0.6) is 0 Å². The molecule has 2 rings (SSSR count). The molecule has 1 heteroatoms. The third kappa shape index (κ3) is 1.24. The molecule has 0 aromatic carbocycles. The van der Waals surface area contributed by atoms with Crippen molar-refractivity contribution >= 4 is 0 Å². The number of nitrogens with zero attached hydrogens (tertiary/aromatic N) is 1. The maximum Gasteiger partial charge on any atom is 0.0129 e. The van der Waals surface area contributed by atoms with Crippen molar-refractivity contribution < 1.29 is 0 Å². The molecule has 0 amide bonds. The molecule has 2 aliphatic rings. The van der Waals surface area contributed by atoms with Crippen molar-refractivity contribution in [2.45, 2.75) is 58.5 Å². The molecule has 0 N–H and O–H groups in total. The highest BCUT2D eigenvalue weighted by molar-refractivity contribution is 5.03. The molecule has 1 nitrogen and oxygen atoms in total. The van der Waals surface area contributed by atoms with Gasteiger partial charge in [-0.25, -0.2) is 0 Å². The SMILES string of the molecule is C[C@H]1N(C)[C@H]2CCCC[C@H]2C1(C)C. The summed E-state index contributed by atoms with van der Waals surface area (Å²) in [5, 5.41) is 0. The van der Waals surface area contributed by atoms with Gasteiger partial charge in [-0.1, -0.05) is 26.7 Å². The number of hydrogen-bond donors (Lipinski definition) is 0. The van der Waals surface area contributed by atoms with Gasteiger partial charge in [-0.3, -0.25) is 4.90 Å². The Morgan fingerprint density at radius 2 is 1.77 bits per heavy atom. The highest BCUT2D eigenvalue weighted by Crippen LogP contribution is 2.49. The van der Waals surface area contributed by atoms with Crippen LogP contribution >= 0.6 is 0 Å². The van der Waals surface area contributed by atoms with Crippen LogP contribution in [0.2, 0.25) is 0 Å². The topological polar surface area (TPSA) is 3.24 Å². The molecule has 0 unspecified atom stereocenters. The number of rotatable bonds is 0. The lowest BCUT2D eigenvalue weighted by molar-refractivity contribution is 0.183. The van der Waals surface area contributed by atoms with Gasteiger partial charge in [-0.2, -0.15) is 0 Å². The Balaban J connectivity index is 2.24. The second-order valence-electron chi connectivity index (χ2n) is 5.62. The first-order chi connectivity index (χ1) is 6.05. The molecule has 0 spiro atoms. The van der Waals surface area contributed by atoms with Crippen LogP contribution in [0.15, 0.2) is 0 Å². The number of likely N-dealkylation sites (tertiary alicyclic amines) is 1. The summed E-state index contributed by atoms with van der Waals surface area (Å²) in [7, 11) is 2.32. The normalized spacial score (nSPS) is 44.8. The van der Waals surface area contributed by atoms with Crippen LogP contribution in [0.25, 0.3) is 0 Å². The van der Waals surface area contributed by atoms with E-state index in [4.69, 9.17) is 0 Å². The van der Waals surface area contributed by atoms with Gasteiger partial charge in [0.1, 0.15) is 0 Å². The molecule has 1 saturated heterocycles. The average molecular weight is 181 g/mol. The lowest BCUT2D eigenvalue weighted by atomic mass is 9.70. The minimum Gasteiger partial charge on any atom is -0.300 e. The van der Waals surface area contributed by atoms with Crippen LogP contribution in [-0.4, -0.2) is 24.0 Å². The van der Waals surface area contributed by atoms with Crippen molar-refractivity contribution in [2.75, 3.05) is 7.05 Å². The summed E-state index contributed by atoms with van der Waals surface area (Å²) in [6.07, 6.45) is 5.82. The Bertz CT molecular complexity index is 197. The number of fused-ring (bicyclic) bond motifs is 1. The Morgan fingerprint density at radius 3 is 2.38 bits per heavy atom. The third-order valence-corrected chi connectivity index (χ3v) is 4.90. The molecule has 3 atom stereocenters. The van der Waals surface area contributed by atoms with E-state index in [1.165, 1.54) is 25.7 Å². The Labute approximate surface area is 82.5 Å². The molecule has 0 radical (unpaired) electrons. The molecule has 0 aromatic rings. The van der Waals surface area contributed by atoms with Crippen LogP contribution in [0.1, 0.15) is 46.5 Å². The molecular weight excluding hydrogens is 158 g/mol. The predicted octanol–water partition coefficient (Wildman–Crippen LogP) is 2.91. The van der Waals surface area contributed by atoms with Gasteiger partial charge in [0.2, 0.25) is 0 Å². The van der Waals surface area contributed by atoms with E-state index >= 15 is 0 Å². The van der Waals surface area contributed by atoms with Gasteiger partial charge in [0.15, 0.2) is 0 Å². The predicted molar refractivity (Wildman–Crippen MR) is 56.8 cm³/mol. The maximum absolute atomic E-state index is 2.63. The summed E-state index contributed by atoms with van der Waals surface area (Å²) < 4.78 is 0. The van der Waals surface area contributed by atoms with Crippen LogP contribution in [0.4, 0.5) is 0 Å². The lowest BCUT2D eigenvalue weighted by Crippen LogP contribution is -2.34. The zero-order chi connectivity index (χ0) is 9.64. The summed E-state index contributed by atoms with van der Waals surface area (Å²) in [4.78, 5) is 2.63. The van der Waals surface area contributed by atoms with Crippen molar-refractivity contribution in [2.24, 2.45) is 11.3 Å². The van der Waals surface area contributed by atoms with E-state index in [1.807, 2.05) is 0 Å². The van der Waals surface area contributed by atoms with Gasteiger partial charge < -0.3 is 0 Å². The maximum atomic E-state index is 2.63. The van der Waals surface area contributed by atoms with Crippen LogP contribution < -0.4 is 0 Å². The van der Waals surface area contributed by atoms with Crippen LogP contribution in [-0.2, 0) is 0 Å². The molecule has 1 aliphatic carbocycles. The lowest BCUT2D eigenvalue weighted by Gasteiger charge is -2.34. The van der Waals surface area contributed by atoms with Gasteiger partial charge in [-0.15, -0.1) is 0 Å². The molecule has 1 heterocycles. The van der Waals surface area contributed by atoms with E-state index in [0.717, 1.165) is 18.0 Å². The summed E-state index contributed by atoms with van der Waals surface area (Å²) in [5.41, 5.74) is 0.542. The minimum absolute atomic E-state index is 0.542. The zero-order valence-corrected chi connectivity index (χ0v) is 9.51. The first kappa shape index (κ1) is 9.51. The molecule has 2 fully saturated rings. The molecule has 0 bridgehead atoms. The second-order valence-corrected chi connectivity index (χ2v) is 5.62. The van der Waals surface area contributed by atoms with Gasteiger partial charge in [0.25, 0.3) is 0 Å². The highest BCUT2D eigenvalue weighted by Gasteiger charge is 2.50. The zero-order valence-electron chi connectivity index (χ0n) is 9.51. The number of hydrogen-bond acceptors (Lipinski definition) is 1. The molecule has 0 aromatic heterocycles. The van der Waals surface area contributed by atoms with Crippen molar-refractivity contribution in [1.82, 2.24) is 4.90 Å². The van der Waals surface area contributed by atoms with E-state index < -0.39 is 0 Å². The summed E-state index contributed by atoms with van der Waals surface area (Å²) in [6, 6.07) is 1.65. The van der Waals surface area contributed by atoms with Gasteiger partial charge in [0.05, 0.1) is 0 Å². The fourth-order valence-electron chi connectivity index (χ4n) is 3.59. The highest BCUT2D eigenvalue weighted by atomic mass is 15.2. The summed E-state index contributed by atoms with van der Waals surface area (Å²) in [6.45, 7) is 7.33. The van der Waals surface area contributed by atoms with Crippen molar-refractivity contribution in [3.63, 3.8) is 0 Å². The van der Waals surface area contributed by atoms with Gasteiger partial charge >= 0.3 is 0 Å². The molecule has 13 heavy (non-hydrogen) atoms. The molecule has 1 aliphatic heterocycles. The summed E-state index contributed by atoms with van der Waals surface area (Å²) >= 11 is 0. The third-order valence-electron chi connectivity index (χ3n) is 4.90. The van der Waals surface area contributed by atoms with Gasteiger partial charge in [0, 0.05) is 12.1 Å². The van der Waals surface area contributed by atoms with Crippen LogP contribution in [0, 0.1) is 11.3 Å². The average Bonchev–Trinajstić information content (AvgIpc) is 2.30. The van der Waals surface area contributed by atoms with E-state index in [1.54, 1.807) is 0 Å². The minimum atomic E-state index is 0.542. The Kier molecular flexibility index (Phi) is 2.18. The van der Waals surface area contributed by atoms with E-state index in [-0.39, 0.29) is 0 Å². The molecule has 76 valence electrons. The van der Waals surface area contributed by atoms with E-state index in [2.05, 4.69) is 32.7 Å². The van der Waals surface area contributed by atoms with Crippen molar-refractivity contribution in [3.05, 3.63) is 0 Å². The standard InChI is InChI=1S/C12H23N/c1-9-12(2,3)10-7-5-6-8-11(10)13(9)4/h9-11H,5-8H2,1-4H3/t9-,10-,11+/m1/s1.